The van der Waals surface area contributed by atoms with E-state index in [-0.39, 0.29) is 19.0 Å². The van der Waals surface area contributed by atoms with E-state index in [1.54, 1.807) is 7.11 Å². The Hall–Kier alpha value is -1.24. The molecule has 118 valence electrons. The molecule has 1 aliphatic carbocycles. The number of hydrogen-bond acceptors (Lipinski definition) is 4. The lowest BCUT2D eigenvalue weighted by atomic mass is 10.2. The molecule has 1 N–H and O–H groups in total. The SMILES string of the molecule is COCCOCCOc1c(F)cc(CNC2CC2)cc1F. The first kappa shape index (κ1) is 16.1. The second-order valence-electron chi connectivity index (χ2n) is 5.00. The summed E-state index contributed by atoms with van der Waals surface area (Å²) in [5.74, 6) is -1.71. The Kier molecular flexibility index (Phi) is 6.35. The first-order valence-corrected chi connectivity index (χ1v) is 7.11. The third-order valence-electron chi connectivity index (χ3n) is 3.14. The van der Waals surface area contributed by atoms with E-state index in [2.05, 4.69) is 5.32 Å². The van der Waals surface area contributed by atoms with Crippen molar-refractivity contribution in [3.05, 3.63) is 29.3 Å². The highest BCUT2D eigenvalue weighted by molar-refractivity contribution is 5.31. The largest absolute Gasteiger partial charge is 0.485 e. The van der Waals surface area contributed by atoms with E-state index < -0.39 is 11.6 Å². The van der Waals surface area contributed by atoms with Crippen molar-refractivity contribution in [3.63, 3.8) is 0 Å². The molecule has 0 aromatic heterocycles. The van der Waals surface area contributed by atoms with Crippen LogP contribution in [0.15, 0.2) is 12.1 Å². The molecule has 0 aliphatic heterocycles. The minimum atomic E-state index is -0.681. The summed E-state index contributed by atoms with van der Waals surface area (Å²) >= 11 is 0. The van der Waals surface area contributed by atoms with Crippen LogP contribution in [0.5, 0.6) is 5.75 Å². The molecule has 0 bridgehead atoms. The summed E-state index contributed by atoms with van der Waals surface area (Å²) in [6, 6.07) is 3.11. The van der Waals surface area contributed by atoms with Crippen molar-refractivity contribution in [1.82, 2.24) is 5.32 Å². The molecule has 1 aromatic rings. The van der Waals surface area contributed by atoms with Gasteiger partial charge >= 0.3 is 0 Å². The minimum Gasteiger partial charge on any atom is -0.485 e. The molecule has 4 nitrogen and oxygen atoms in total. The third kappa shape index (κ3) is 5.57. The van der Waals surface area contributed by atoms with E-state index in [0.717, 1.165) is 12.8 Å². The molecule has 21 heavy (non-hydrogen) atoms. The molecule has 0 saturated heterocycles. The molecule has 0 amide bonds. The van der Waals surface area contributed by atoms with Gasteiger partial charge in [-0.2, -0.15) is 0 Å². The normalized spacial score (nSPS) is 14.4. The smallest absolute Gasteiger partial charge is 0.190 e. The highest BCUT2D eigenvalue weighted by Crippen LogP contribution is 2.24. The van der Waals surface area contributed by atoms with E-state index >= 15 is 0 Å². The molecule has 0 unspecified atom stereocenters. The number of nitrogens with one attached hydrogen (secondary N) is 1. The van der Waals surface area contributed by atoms with Gasteiger partial charge < -0.3 is 19.5 Å². The van der Waals surface area contributed by atoms with Crippen molar-refractivity contribution in [2.75, 3.05) is 33.5 Å². The fourth-order valence-electron chi connectivity index (χ4n) is 1.85. The van der Waals surface area contributed by atoms with Crippen LogP contribution in [0.4, 0.5) is 8.78 Å². The van der Waals surface area contributed by atoms with Crippen molar-refractivity contribution in [1.29, 1.82) is 0 Å². The second kappa shape index (κ2) is 8.26. The van der Waals surface area contributed by atoms with E-state index in [1.165, 1.54) is 12.1 Å². The summed E-state index contributed by atoms with van der Waals surface area (Å²) in [4.78, 5) is 0. The van der Waals surface area contributed by atoms with Crippen LogP contribution in [-0.2, 0) is 16.0 Å². The molecule has 6 heteroatoms. The topological polar surface area (TPSA) is 39.7 Å². The quantitative estimate of drug-likeness (QED) is 0.673. The van der Waals surface area contributed by atoms with Crippen LogP contribution in [0.1, 0.15) is 18.4 Å². The number of benzene rings is 1. The van der Waals surface area contributed by atoms with Gasteiger partial charge in [0.15, 0.2) is 17.4 Å². The van der Waals surface area contributed by atoms with Gasteiger partial charge in [-0.05, 0) is 30.5 Å². The van der Waals surface area contributed by atoms with Crippen LogP contribution in [0.25, 0.3) is 0 Å². The van der Waals surface area contributed by atoms with Gasteiger partial charge in [0.05, 0.1) is 19.8 Å². The first-order valence-electron chi connectivity index (χ1n) is 7.11. The average Bonchev–Trinajstić information content (AvgIpc) is 3.27. The Morgan fingerprint density at radius 1 is 1.10 bits per heavy atom. The molecule has 0 spiro atoms. The molecule has 1 fully saturated rings. The van der Waals surface area contributed by atoms with Gasteiger partial charge in [-0.15, -0.1) is 0 Å². The first-order chi connectivity index (χ1) is 10.2. The summed E-state index contributed by atoms with van der Waals surface area (Å²) in [6.45, 7) is 1.73. The van der Waals surface area contributed by atoms with Gasteiger partial charge in [0, 0.05) is 19.7 Å². The van der Waals surface area contributed by atoms with Crippen LogP contribution in [0.3, 0.4) is 0 Å². The van der Waals surface area contributed by atoms with Crippen LogP contribution >= 0.6 is 0 Å². The van der Waals surface area contributed by atoms with Gasteiger partial charge in [0.1, 0.15) is 6.61 Å². The molecule has 0 atom stereocenters. The summed E-state index contributed by atoms with van der Waals surface area (Å²) < 4.78 is 42.7. The van der Waals surface area contributed by atoms with Crippen LogP contribution in [-0.4, -0.2) is 39.6 Å². The molecule has 0 heterocycles. The predicted molar refractivity (Wildman–Crippen MR) is 74.4 cm³/mol. The van der Waals surface area contributed by atoms with Gasteiger partial charge in [-0.3, -0.25) is 0 Å². The van der Waals surface area contributed by atoms with E-state index in [9.17, 15) is 8.78 Å². The average molecular weight is 301 g/mol. The second-order valence-corrected chi connectivity index (χ2v) is 5.00. The summed E-state index contributed by atoms with van der Waals surface area (Å²) in [6.07, 6.45) is 2.27. The zero-order valence-corrected chi connectivity index (χ0v) is 12.2. The maximum Gasteiger partial charge on any atom is 0.190 e. The van der Waals surface area contributed by atoms with Crippen molar-refractivity contribution < 1.29 is 23.0 Å². The number of halogens is 2. The fourth-order valence-corrected chi connectivity index (χ4v) is 1.85. The summed E-state index contributed by atoms with van der Waals surface area (Å²) in [5, 5.41) is 3.21. The Labute approximate surface area is 123 Å². The lowest BCUT2D eigenvalue weighted by Crippen LogP contribution is -2.16. The molecule has 2 rings (SSSR count). The van der Waals surface area contributed by atoms with Crippen molar-refractivity contribution in [3.8, 4) is 5.75 Å². The van der Waals surface area contributed by atoms with Gasteiger partial charge in [0.25, 0.3) is 0 Å². The number of ether oxygens (including phenoxy) is 3. The van der Waals surface area contributed by atoms with Crippen molar-refractivity contribution in [2.24, 2.45) is 0 Å². The van der Waals surface area contributed by atoms with Gasteiger partial charge in [-0.1, -0.05) is 0 Å². The lowest BCUT2D eigenvalue weighted by Gasteiger charge is -2.11. The zero-order chi connectivity index (χ0) is 15.1. The summed E-state index contributed by atoms with van der Waals surface area (Å²) in [5.41, 5.74) is 0.584. The molecular formula is C15H21F2NO3. The molecule has 0 radical (unpaired) electrons. The van der Waals surface area contributed by atoms with E-state index in [0.29, 0.717) is 31.4 Å². The molecule has 1 saturated carbocycles. The Balaban J connectivity index is 1.78. The Bertz CT molecular complexity index is 430. The van der Waals surface area contributed by atoms with Crippen LogP contribution in [0.2, 0.25) is 0 Å². The molecule has 1 aliphatic rings. The maximum atomic E-state index is 13.8. The Morgan fingerprint density at radius 3 is 2.38 bits per heavy atom. The number of methoxy groups -OCH3 is 1. The van der Waals surface area contributed by atoms with Gasteiger partial charge in [-0.25, -0.2) is 8.78 Å². The van der Waals surface area contributed by atoms with E-state index in [1.807, 2.05) is 0 Å². The van der Waals surface area contributed by atoms with E-state index in [4.69, 9.17) is 14.2 Å². The van der Waals surface area contributed by atoms with Gasteiger partial charge in [0.2, 0.25) is 0 Å². The monoisotopic (exact) mass is 301 g/mol. The molecular weight excluding hydrogens is 280 g/mol. The van der Waals surface area contributed by atoms with Crippen molar-refractivity contribution in [2.45, 2.75) is 25.4 Å². The molecule has 1 aromatic carbocycles. The highest BCUT2D eigenvalue weighted by Gasteiger charge is 2.20. The minimum absolute atomic E-state index is 0.0945. The zero-order valence-electron chi connectivity index (χ0n) is 12.2. The Morgan fingerprint density at radius 2 is 1.76 bits per heavy atom. The number of rotatable bonds is 10. The number of hydrogen-bond donors (Lipinski definition) is 1. The van der Waals surface area contributed by atoms with Crippen molar-refractivity contribution >= 4 is 0 Å². The third-order valence-corrected chi connectivity index (χ3v) is 3.14. The van der Waals surface area contributed by atoms with Crippen LogP contribution in [0, 0.1) is 11.6 Å². The predicted octanol–water partition coefficient (Wildman–Crippen LogP) is 2.26. The maximum absolute atomic E-state index is 13.8. The highest BCUT2D eigenvalue weighted by atomic mass is 19.1. The van der Waals surface area contributed by atoms with Crippen LogP contribution < -0.4 is 10.1 Å². The fraction of sp³-hybridized carbons (Fsp3) is 0.600. The summed E-state index contributed by atoms with van der Waals surface area (Å²) in [7, 11) is 1.57. The standard InChI is InChI=1S/C15H21F2NO3/c1-19-4-5-20-6-7-21-15-13(16)8-11(9-14(15)17)10-18-12-2-3-12/h8-9,12,18H,2-7,10H2,1H3. The lowest BCUT2D eigenvalue weighted by molar-refractivity contribution is 0.0531.